The van der Waals surface area contributed by atoms with Gasteiger partial charge in [0.2, 0.25) is 0 Å². The Morgan fingerprint density at radius 1 is 1.02 bits per heavy atom. The number of anilines is 2. The maximum atomic E-state index is 13.8. The molecule has 1 saturated heterocycles. The van der Waals surface area contributed by atoms with Crippen LogP contribution in [0.4, 0.5) is 11.4 Å². The van der Waals surface area contributed by atoms with Crippen LogP contribution < -0.4 is 15.2 Å². The summed E-state index contributed by atoms with van der Waals surface area (Å²) >= 11 is 6.39. The van der Waals surface area contributed by atoms with Crippen molar-refractivity contribution in [2.45, 2.75) is 38.0 Å². The fourth-order valence-electron chi connectivity index (χ4n) is 5.61. The third-order valence-electron chi connectivity index (χ3n) is 8.46. The van der Waals surface area contributed by atoms with E-state index in [4.69, 9.17) is 11.6 Å². The Hall–Kier alpha value is -3.86. The van der Waals surface area contributed by atoms with E-state index < -0.39 is 21.5 Å². The van der Waals surface area contributed by atoms with Crippen molar-refractivity contribution in [1.29, 1.82) is 0 Å². The van der Waals surface area contributed by atoms with E-state index in [1.54, 1.807) is 49.0 Å². The highest BCUT2D eigenvalue weighted by molar-refractivity contribution is 7.92. The molecule has 1 aliphatic rings. The van der Waals surface area contributed by atoms with E-state index in [-0.39, 0.29) is 21.2 Å². The van der Waals surface area contributed by atoms with Crippen molar-refractivity contribution in [3.63, 3.8) is 0 Å². The van der Waals surface area contributed by atoms with Crippen LogP contribution in [0, 0.1) is 12.8 Å². The molecule has 44 heavy (non-hydrogen) atoms. The Bertz CT molecular complexity index is 1830. The van der Waals surface area contributed by atoms with Gasteiger partial charge in [-0.3, -0.25) is 18.6 Å². The predicted molar refractivity (Wildman–Crippen MR) is 176 cm³/mol. The molecule has 0 atom stereocenters. The molecule has 9 nitrogen and oxygen atoms in total. The second-order valence-electron chi connectivity index (χ2n) is 11.5. The molecule has 0 aliphatic carbocycles. The monoisotopic (exact) mass is 635 g/mol. The van der Waals surface area contributed by atoms with E-state index in [1.165, 1.54) is 42.8 Å². The van der Waals surface area contributed by atoms with Crippen LogP contribution >= 0.6 is 11.6 Å². The maximum Gasteiger partial charge on any atom is 0.296 e. The first-order valence-corrected chi connectivity index (χ1v) is 16.5. The number of amides is 1. The van der Waals surface area contributed by atoms with Crippen molar-refractivity contribution in [3.8, 4) is 5.69 Å². The van der Waals surface area contributed by atoms with Crippen molar-refractivity contribution in [2.75, 3.05) is 36.3 Å². The fourth-order valence-corrected chi connectivity index (χ4v) is 7.09. The van der Waals surface area contributed by atoms with Gasteiger partial charge in [0.15, 0.2) is 0 Å². The third kappa shape index (κ3) is 6.47. The topological polar surface area (TPSA) is 96.7 Å². The third-order valence-corrected chi connectivity index (χ3v) is 10.5. The number of nitrogens with zero attached hydrogens (tertiary/aromatic N) is 4. The summed E-state index contributed by atoms with van der Waals surface area (Å²) in [4.78, 5) is 29.1. The lowest BCUT2D eigenvalue weighted by atomic mass is 9.99. The molecule has 0 spiro atoms. The normalized spacial score (nSPS) is 14.5. The van der Waals surface area contributed by atoms with E-state index in [0.29, 0.717) is 17.1 Å². The highest BCUT2D eigenvalue weighted by atomic mass is 35.5. The van der Waals surface area contributed by atoms with Crippen molar-refractivity contribution in [3.05, 3.63) is 105 Å². The fraction of sp³-hybridized carbons (Fsp3) is 0.333. The van der Waals surface area contributed by atoms with Crippen LogP contribution in [0.3, 0.4) is 0 Å². The predicted octanol–water partition coefficient (Wildman–Crippen LogP) is 5.49. The number of aromatic nitrogens is 2. The Balaban J connectivity index is 1.35. The van der Waals surface area contributed by atoms with E-state index in [2.05, 4.69) is 17.1 Å². The Morgan fingerprint density at radius 3 is 2.43 bits per heavy atom. The molecular formula is C33H38ClN5O4S. The first-order chi connectivity index (χ1) is 21.0. The number of nitrogens with one attached hydrogen (secondary N) is 1. The zero-order valence-electron chi connectivity index (χ0n) is 25.5. The van der Waals surface area contributed by atoms with Crippen molar-refractivity contribution in [1.82, 2.24) is 14.3 Å². The van der Waals surface area contributed by atoms with Crippen LogP contribution in [0.1, 0.15) is 41.4 Å². The molecule has 1 aliphatic heterocycles. The van der Waals surface area contributed by atoms with Gasteiger partial charge in [0.25, 0.3) is 21.5 Å². The molecule has 1 fully saturated rings. The number of halogens is 1. The number of carbonyl (C=O) groups excluding carboxylic acids is 1. The van der Waals surface area contributed by atoms with Crippen LogP contribution in [-0.4, -0.2) is 55.3 Å². The lowest BCUT2D eigenvalue weighted by Crippen LogP contribution is -2.34. The second-order valence-corrected chi connectivity index (χ2v) is 13.8. The van der Waals surface area contributed by atoms with Gasteiger partial charge in [-0.2, -0.15) is 0 Å². The minimum Gasteiger partial charge on any atom is -0.322 e. The van der Waals surface area contributed by atoms with Gasteiger partial charge in [0, 0.05) is 26.3 Å². The molecule has 1 N–H and O–H groups in total. The zero-order valence-corrected chi connectivity index (χ0v) is 27.0. The molecule has 3 aromatic carbocycles. The number of para-hydroxylation sites is 1. The SMILES string of the molecule is Cc1c(N(C)S(=O)(=O)c2ccc(Cl)c(C(=O)Nc3cccc(CCN4CCC(C)CC4)c3)c2)c(=O)n(-c2ccccc2)n1C. The average molecular weight is 636 g/mol. The van der Waals surface area contributed by atoms with Gasteiger partial charge >= 0.3 is 0 Å². The lowest BCUT2D eigenvalue weighted by Gasteiger charge is -2.30. The summed E-state index contributed by atoms with van der Waals surface area (Å²) in [5, 5.41) is 2.98. The van der Waals surface area contributed by atoms with Crippen molar-refractivity contribution in [2.24, 2.45) is 13.0 Å². The average Bonchev–Trinajstić information content (AvgIpc) is 3.23. The number of hydrogen-bond acceptors (Lipinski definition) is 5. The molecule has 1 amide bonds. The number of rotatable bonds is 9. The zero-order chi connectivity index (χ0) is 31.6. The van der Waals surface area contributed by atoms with Crippen LogP contribution in [0.15, 0.2) is 82.5 Å². The quantitative estimate of drug-likeness (QED) is 0.262. The summed E-state index contributed by atoms with van der Waals surface area (Å²) in [6.45, 7) is 7.16. The number of hydrogen-bond donors (Lipinski definition) is 1. The number of benzene rings is 3. The van der Waals surface area contributed by atoms with Gasteiger partial charge in [-0.05, 0) is 93.2 Å². The Kier molecular flexibility index (Phi) is 9.34. The number of piperidine rings is 1. The molecule has 0 bridgehead atoms. The number of carbonyl (C=O) groups is 1. The number of sulfonamides is 1. The van der Waals surface area contributed by atoms with Crippen molar-refractivity contribution >= 4 is 38.9 Å². The van der Waals surface area contributed by atoms with E-state index in [9.17, 15) is 18.0 Å². The summed E-state index contributed by atoms with van der Waals surface area (Å²) < 4.78 is 31.6. The smallest absolute Gasteiger partial charge is 0.296 e. The Labute approximate surface area is 263 Å². The molecule has 0 unspecified atom stereocenters. The second kappa shape index (κ2) is 13.0. The molecule has 5 rings (SSSR count). The van der Waals surface area contributed by atoms with E-state index in [1.807, 2.05) is 24.3 Å². The van der Waals surface area contributed by atoms with Crippen molar-refractivity contribution < 1.29 is 13.2 Å². The molecule has 11 heteroatoms. The summed E-state index contributed by atoms with van der Waals surface area (Å²) in [6, 6.07) is 20.6. The lowest BCUT2D eigenvalue weighted by molar-refractivity contribution is 0.102. The molecule has 1 aromatic heterocycles. The Morgan fingerprint density at radius 2 is 1.73 bits per heavy atom. The summed E-state index contributed by atoms with van der Waals surface area (Å²) in [7, 11) is -1.21. The number of likely N-dealkylation sites (tertiary alicyclic amines) is 1. The van der Waals surface area contributed by atoms with Gasteiger partial charge in [0.1, 0.15) is 5.69 Å². The van der Waals surface area contributed by atoms with Crippen LogP contribution in [0.25, 0.3) is 5.69 Å². The molecular weight excluding hydrogens is 598 g/mol. The highest BCUT2D eigenvalue weighted by Crippen LogP contribution is 2.28. The summed E-state index contributed by atoms with van der Waals surface area (Å²) in [5.74, 6) is 0.253. The molecule has 232 valence electrons. The van der Waals surface area contributed by atoms with Gasteiger partial charge in [0.05, 0.1) is 26.9 Å². The van der Waals surface area contributed by atoms with Crippen LogP contribution in [-0.2, 0) is 23.5 Å². The molecule has 0 saturated carbocycles. The standard InChI is InChI=1S/C33H38ClN5O4S/c1-23-15-18-38(19-16-23)20-17-25-9-8-10-26(21-25)35-32(40)29-22-28(13-14-30(29)34)44(42,43)37(4)31-24(2)36(3)39(33(31)41)27-11-6-5-7-12-27/h5-14,21-23H,15-20H2,1-4H3,(H,35,40). The first-order valence-electron chi connectivity index (χ1n) is 14.7. The largest absolute Gasteiger partial charge is 0.322 e. The summed E-state index contributed by atoms with van der Waals surface area (Å²) in [5.41, 5.74) is 2.31. The molecule has 2 heterocycles. The first kappa shape index (κ1) is 31.6. The van der Waals surface area contributed by atoms with E-state index >= 15 is 0 Å². The highest BCUT2D eigenvalue weighted by Gasteiger charge is 2.30. The minimum absolute atomic E-state index is 0.00758. The van der Waals surface area contributed by atoms with Crippen LogP contribution in [0.2, 0.25) is 5.02 Å². The molecule has 0 radical (unpaired) electrons. The molecule has 4 aromatic rings. The van der Waals surface area contributed by atoms with Gasteiger partial charge in [-0.15, -0.1) is 0 Å². The van der Waals surface area contributed by atoms with Gasteiger partial charge < -0.3 is 10.2 Å². The summed E-state index contributed by atoms with van der Waals surface area (Å²) in [6.07, 6.45) is 3.31. The minimum atomic E-state index is -4.23. The van der Waals surface area contributed by atoms with E-state index in [0.717, 1.165) is 41.8 Å². The van der Waals surface area contributed by atoms with Crippen LogP contribution in [0.5, 0.6) is 0 Å². The van der Waals surface area contributed by atoms with Gasteiger partial charge in [-0.25, -0.2) is 13.1 Å². The maximum absolute atomic E-state index is 13.8. The van der Waals surface area contributed by atoms with Gasteiger partial charge in [-0.1, -0.05) is 48.9 Å².